The number of benzene rings is 2. The number of rotatable bonds is 5. The SMILES string of the molecule is O=C(Nc1ccccc1)C1CCN(C(=O)NOCc2ccccc2)CC1. The maximum atomic E-state index is 12.3. The van der Waals surface area contributed by atoms with E-state index < -0.39 is 0 Å². The maximum Gasteiger partial charge on any atom is 0.341 e. The first-order valence-electron chi connectivity index (χ1n) is 8.79. The molecule has 1 aliphatic rings. The molecule has 0 aliphatic carbocycles. The lowest BCUT2D eigenvalue weighted by Crippen LogP contribution is -2.46. The van der Waals surface area contributed by atoms with Gasteiger partial charge in [0.05, 0.1) is 6.61 Å². The van der Waals surface area contributed by atoms with E-state index in [0.717, 1.165) is 11.3 Å². The number of carbonyl (C=O) groups excluding carboxylic acids is 2. The Bertz CT molecular complexity index is 714. The van der Waals surface area contributed by atoms with Gasteiger partial charge in [-0.2, -0.15) is 0 Å². The van der Waals surface area contributed by atoms with Gasteiger partial charge in [0.1, 0.15) is 0 Å². The van der Waals surface area contributed by atoms with Gasteiger partial charge in [-0.1, -0.05) is 48.5 Å². The maximum absolute atomic E-state index is 12.3. The topological polar surface area (TPSA) is 70.7 Å². The number of amides is 3. The van der Waals surface area contributed by atoms with Crippen LogP contribution in [0.2, 0.25) is 0 Å². The van der Waals surface area contributed by atoms with Crippen LogP contribution in [0.15, 0.2) is 60.7 Å². The van der Waals surface area contributed by atoms with Gasteiger partial charge in [-0.15, -0.1) is 0 Å². The summed E-state index contributed by atoms with van der Waals surface area (Å²) in [6, 6.07) is 18.8. The summed E-state index contributed by atoms with van der Waals surface area (Å²) in [6.45, 7) is 1.39. The molecule has 0 aromatic heterocycles. The summed E-state index contributed by atoms with van der Waals surface area (Å²) in [7, 11) is 0. The second-order valence-corrected chi connectivity index (χ2v) is 6.30. The van der Waals surface area contributed by atoms with Crippen molar-refractivity contribution in [3.8, 4) is 0 Å². The number of anilines is 1. The van der Waals surface area contributed by atoms with E-state index in [1.807, 2.05) is 60.7 Å². The van der Waals surface area contributed by atoms with E-state index in [9.17, 15) is 9.59 Å². The van der Waals surface area contributed by atoms with Gasteiger partial charge >= 0.3 is 6.03 Å². The van der Waals surface area contributed by atoms with Crippen LogP contribution in [-0.2, 0) is 16.2 Å². The Morgan fingerprint density at radius 2 is 1.58 bits per heavy atom. The zero-order chi connectivity index (χ0) is 18.2. The van der Waals surface area contributed by atoms with Crippen LogP contribution >= 0.6 is 0 Å². The molecule has 0 saturated carbocycles. The molecule has 1 heterocycles. The number of hydrogen-bond donors (Lipinski definition) is 2. The second kappa shape index (κ2) is 9.01. The lowest BCUT2D eigenvalue weighted by molar-refractivity contribution is -0.121. The van der Waals surface area contributed by atoms with Crippen molar-refractivity contribution in [3.05, 3.63) is 66.2 Å². The zero-order valence-corrected chi connectivity index (χ0v) is 14.6. The van der Waals surface area contributed by atoms with Crippen molar-refractivity contribution in [1.82, 2.24) is 10.4 Å². The largest absolute Gasteiger partial charge is 0.341 e. The normalized spacial score (nSPS) is 14.7. The van der Waals surface area contributed by atoms with Gasteiger partial charge in [-0.05, 0) is 30.5 Å². The third-order valence-electron chi connectivity index (χ3n) is 4.44. The number of piperidine rings is 1. The van der Waals surface area contributed by atoms with Gasteiger partial charge in [0, 0.05) is 24.7 Å². The number of hydroxylamine groups is 1. The minimum atomic E-state index is -0.261. The molecule has 2 aromatic rings. The summed E-state index contributed by atoms with van der Waals surface area (Å²) in [5.41, 5.74) is 4.26. The molecular formula is C20H23N3O3. The first-order valence-corrected chi connectivity index (χ1v) is 8.79. The van der Waals surface area contributed by atoms with Gasteiger partial charge < -0.3 is 10.2 Å². The Morgan fingerprint density at radius 1 is 0.962 bits per heavy atom. The molecule has 1 fully saturated rings. The van der Waals surface area contributed by atoms with E-state index in [4.69, 9.17) is 4.84 Å². The van der Waals surface area contributed by atoms with Crippen LogP contribution < -0.4 is 10.8 Å². The van der Waals surface area contributed by atoms with Crippen molar-refractivity contribution in [2.24, 2.45) is 5.92 Å². The quantitative estimate of drug-likeness (QED) is 0.811. The number of urea groups is 1. The van der Waals surface area contributed by atoms with Crippen molar-refractivity contribution < 1.29 is 14.4 Å². The molecule has 0 spiro atoms. The summed E-state index contributed by atoms with van der Waals surface area (Å²) >= 11 is 0. The van der Waals surface area contributed by atoms with Crippen molar-refractivity contribution in [1.29, 1.82) is 0 Å². The molecule has 3 rings (SSSR count). The Morgan fingerprint density at radius 3 is 2.23 bits per heavy atom. The van der Waals surface area contributed by atoms with E-state index in [1.54, 1.807) is 4.90 Å². The average Bonchev–Trinajstić information content (AvgIpc) is 2.69. The average molecular weight is 353 g/mol. The highest BCUT2D eigenvalue weighted by molar-refractivity contribution is 5.92. The third kappa shape index (κ3) is 5.07. The Balaban J connectivity index is 1.38. The van der Waals surface area contributed by atoms with Gasteiger partial charge in [0.25, 0.3) is 0 Å². The molecule has 2 aromatic carbocycles. The highest BCUT2D eigenvalue weighted by atomic mass is 16.7. The Hall–Kier alpha value is -2.86. The molecule has 0 radical (unpaired) electrons. The molecule has 136 valence electrons. The minimum absolute atomic E-state index is 0.0107. The van der Waals surface area contributed by atoms with E-state index >= 15 is 0 Å². The molecule has 0 bridgehead atoms. The molecule has 3 amide bonds. The van der Waals surface area contributed by atoms with E-state index in [-0.39, 0.29) is 17.9 Å². The summed E-state index contributed by atoms with van der Waals surface area (Å²) in [5, 5.41) is 2.93. The molecule has 0 unspecified atom stereocenters. The van der Waals surface area contributed by atoms with Crippen molar-refractivity contribution in [2.45, 2.75) is 19.4 Å². The first kappa shape index (κ1) is 17.9. The highest BCUT2D eigenvalue weighted by Crippen LogP contribution is 2.19. The van der Waals surface area contributed by atoms with E-state index in [0.29, 0.717) is 32.5 Å². The fourth-order valence-corrected chi connectivity index (χ4v) is 2.93. The molecule has 26 heavy (non-hydrogen) atoms. The third-order valence-corrected chi connectivity index (χ3v) is 4.44. The molecule has 0 atom stereocenters. The molecule has 6 heteroatoms. The molecule has 1 aliphatic heterocycles. The second-order valence-electron chi connectivity index (χ2n) is 6.30. The number of likely N-dealkylation sites (tertiary alicyclic amines) is 1. The van der Waals surface area contributed by atoms with Crippen molar-refractivity contribution >= 4 is 17.6 Å². The van der Waals surface area contributed by atoms with Crippen LogP contribution in [0.5, 0.6) is 0 Å². The van der Waals surface area contributed by atoms with Crippen LogP contribution in [0, 0.1) is 5.92 Å². The van der Waals surface area contributed by atoms with Crippen LogP contribution in [0.1, 0.15) is 18.4 Å². The van der Waals surface area contributed by atoms with Crippen molar-refractivity contribution in [3.63, 3.8) is 0 Å². The predicted molar refractivity (Wildman–Crippen MR) is 99.1 cm³/mol. The van der Waals surface area contributed by atoms with Gasteiger partial charge in [-0.3, -0.25) is 9.63 Å². The number of hydrogen-bond acceptors (Lipinski definition) is 3. The van der Waals surface area contributed by atoms with E-state index in [1.165, 1.54) is 0 Å². The van der Waals surface area contributed by atoms with Gasteiger partial charge in [-0.25, -0.2) is 10.3 Å². The number of carbonyl (C=O) groups is 2. The summed E-state index contributed by atoms with van der Waals surface area (Å²) in [6.07, 6.45) is 1.29. The Kier molecular flexibility index (Phi) is 6.22. The van der Waals surface area contributed by atoms with Crippen LogP contribution in [0.4, 0.5) is 10.5 Å². The fraction of sp³-hybridized carbons (Fsp3) is 0.300. The molecule has 2 N–H and O–H groups in total. The number of para-hydroxylation sites is 1. The molecule has 6 nitrogen and oxygen atoms in total. The summed E-state index contributed by atoms with van der Waals surface area (Å²) < 4.78 is 0. The lowest BCUT2D eigenvalue weighted by atomic mass is 9.96. The fourth-order valence-electron chi connectivity index (χ4n) is 2.93. The molecule has 1 saturated heterocycles. The van der Waals surface area contributed by atoms with Crippen LogP contribution in [0.25, 0.3) is 0 Å². The van der Waals surface area contributed by atoms with Crippen LogP contribution in [-0.4, -0.2) is 29.9 Å². The first-order chi connectivity index (χ1) is 12.7. The van der Waals surface area contributed by atoms with Crippen LogP contribution in [0.3, 0.4) is 0 Å². The molecular weight excluding hydrogens is 330 g/mol. The predicted octanol–water partition coefficient (Wildman–Crippen LogP) is 3.18. The van der Waals surface area contributed by atoms with Gasteiger partial charge in [0.2, 0.25) is 5.91 Å². The monoisotopic (exact) mass is 353 g/mol. The Labute approximate surface area is 153 Å². The highest BCUT2D eigenvalue weighted by Gasteiger charge is 2.27. The zero-order valence-electron chi connectivity index (χ0n) is 14.6. The van der Waals surface area contributed by atoms with E-state index in [2.05, 4.69) is 10.8 Å². The summed E-state index contributed by atoms with van der Waals surface area (Å²) in [4.78, 5) is 31.4. The number of nitrogens with zero attached hydrogens (tertiary/aromatic N) is 1. The van der Waals surface area contributed by atoms with Gasteiger partial charge in [0.15, 0.2) is 0 Å². The summed E-state index contributed by atoms with van der Waals surface area (Å²) in [5.74, 6) is -0.0684. The standard InChI is InChI=1S/C20H23N3O3/c24-19(21-18-9-5-2-6-10-18)17-11-13-23(14-12-17)20(25)22-26-15-16-7-3-1-4-8-16/h1-10,17H,11-15H2,(H,21,24)(H,22,25). The smallest absolute Gasteiger partial charge is 0.326 e. The lowest BCUT2D eigenvalue weighted by Gasteiger charge is -2.31. The number of nitrogens with one attached hydrogen (secondary N) is 2. The minimum Gasteiger partial charge on any atom is -0.326 e. The van der Waals surface area contributed by atoms with Crippen molar-refractivity contribution in [2.75, 3.05) is 18.4 Å².